The molecule has 1 saturated heterocycles. The molecule has 1 atom stereocenters. The molecule has 0 unspecified atom stereocenters. The van der Waals surface area contributed by atoms with E-state index >= 15 is 0 Å². The average molecular weight is 476 g/mol. The zero-order valence-electron chi connectivity index (χ0n) is 19.5. The first-order valence-electron chi connectivity index (χ1n) is 11.3. The van der Waals surface area contributed by atoms with Crippen LogP contribution in [0, 0.1) is 0 Å². The first-order chi connectivity index (χ1) is 15.9. The van der Waals surface area contributed by atoms with Crippen molar-refractivity contribution in [3.8, 4) is 11.5 Å². The van der Waals surface area contributed by atoms with Crippen LogP contribution < -0.4 is 19.1 Å². The number of sulfonamides is 1. The van der Waals surface area contributed by atoms with E-state index in [1.807, 2.05) is 0 Å². The molecule has 4 rings (SSSR count). The number of methoxy groups -OCH3 is 2. The highest BCUT2D eigenvalue weighted by atomic mass is 32.2. The second-order valence-electron chi connectivity index (χ2n) is 8.45. The van der Waals surface area contributed by atoms with Crippen LogP contribution in [-0.2, 0) is 21.2 Å². The lowest BCUT2D eigenvalue weighted by atomic mass is 9.96. The Morgan fingerprint density at radius 3 is 2.52 bits per heavy atom. The maximum atomic E-state index is 13.1. The van der Waals surface area contributed by atoms with Gasteiger partial charge in [-0.25, -0.2) is 13.1 Å². The molecule has 1 N–H and O–H groups in total. The van der Waals surface area contributed by atoms with E-state index in [1.54, 1.807) is 6.07 Å². The summed E-state index contributed by atoms with van der Waals surface area (Å²) in [5.74, 6) is 0.866. The lowest BCUT2D eigenvalue weighted by Crippen LogP contribution is -2.43. The van der Waals surface area contributed by atoms with E-state index in [2.05, 4.69) is 39.8 Å². The summed E-state index contributed by atoms with van der Waals surface area (Å²) in [7, 11) is 1.39. The van der Waals surface area contributed by atoms with E-state index in [4.69, 9.17) is 14.2 Å². The van der Waals surface area contributed by atoms with E-state index in [-0.39, 0.29) is 17.5 Å². The molecule has 9 heteroatoms. The molecule has 0 aliphatic carbocycles. The number of rotatable bonds is 8. The van der Waals surface area contributed by atoms with Gasteiger partial charge < -0.3 is 19.1 Å². The number of ether oxygens (including phenoxy) is 3. The Morgan fingerprint density at radius 1 is 1.03 bits per heavy atom. The van der Waals surface area contributed by atoms with Crippen LogP contribution in [0.2, 0.25) is 0 Å². The van der Waals surface area contributed by atoms with Gasteiger partial charge in [0, 0.05) is 51.0 Å². The highest BCUT2D eigenvalue weighted by molar-refractivity contribution is 7.89. The van der Waals surface area contributed by atoms with Crippen molar-refractivity contribution in [2.24, 2.45) is 0 Å². The number of nitrogens with zero attached hydrogens (tertiary/aromatic N) is 2. The molecule has 33 heavy (non-hydrogen) atoms. The van der Waals surface area contributed by atoms with Gasteiger partial charge in [0.15, 0.2) is 11.5 Å². The highest BCUT2D eigenvalue weighted by Gasteiger charge is 2.27. The standard InChI is InChI=1S/C24H33N3O5S/c1-26-10-4-5-18-15-19(6-8-21(18)26)22(27-11-13-32-14-12-27)17-25-33(28,29)20-7-9-23(30-2)24(16-20)31-3/h6-9,15-16,22,25H,4-5,10-14,17H2,1-3H3/t22-/m0/s1. The Hall–Kier alpha value is -2.33. The molecule has 8 nitrogen and oxygen atoms in total. The minimum Gasteiger partial charge on any atom is -0.493 e. The van der Waals surface area contributed by atoms with Crippen molar-refractivity contribution in [2.75, 3.05) is 65.6 Å². The van der Waals surface area contributed by atoms with Crippen LogP contribution in [0.1, 0.15) is 23.6 Å². The fraction of sp³-hybridized carbons (Fsp3) is 0.500. The Kier molecular flexibility index (Phi) is 7.43. The van der Waals surface area contributed by atoms with E-state index in [0.29, 0.717) is 24.7 Å². The molecule has 2 aromatic carbocycles. The molecule has 2 aromatic rings. The summed E-state index contributed by atoms with van der Waals surface area (Å²) >= 11 is 0. The summed E-state index contributed by atoms with van der Waals surface area (Å²) in [6.45, 7) is 4.15. The molecular weight excluding hydrogens is 442 g/mol. The second kappa shape index (κ2) is 10.3. The fourth-order valence-electron chi connectivity index (χ4n) is 4.62. The Balaban J connectivity index is 1.59. The maximum absolute atomic E-state index is 13.1. The topological polar surface area (TPSA) is 80.3 Å². The lowest BCUT2D eigenvalue weighted by molar-refractivity contribution is 0.0172. The van der Waals surface area contributed by atoms with Crippen molar-refractivity contribution >= 4 is 15.7 Å². The zero-order chi connectivity index (χ0) is 23.4. The molecule has 0 saturated carbocycles. The fourth-order valence-corrected chi connectivity index (χ4v) is 5.67. The number of hydrogen-bond donors (Lipinski definition) is 1. The van der Waals surface area contributed by atoms with Crippen LogP contribution in [0.4, 0.5) is 5.69 Å². The van der Waals surface area contributed by atoms with Crippen LogP contribution in [0.5, 0.6) is 11.5 Å². The van der Waals surface area contributed by atoms with Crippen molar-refractivity contribution < 1.29 is 22.6 Å². The van der Waals surface area contributed by atoms with E-state index in [0.717, 1.165) is 38.0 Å². The number of benzene rings is 2. The number of fused-ring (bicyclic) bond motifs is 1. The smallest absolute Gasteiger partial charge is 0.240 e. The van der Waals surface area contributed by atoms with Crippen molar-refractivity contribution in [1.82, 2.24) is 9.62 Å². The van der Waals surface area contributed by atoms with Gasteiger partial charge in [-0.3, -0.25) is 4.90 Å². The summed E-state index contributed by atoms with van der Waals surface area (Å²) < 4.78 is 45.2. The third-order valence-corrected chi connectivity index (χ3v) is 7.88. The average Bonchev–Trinajstić information content (AvgIpc) is 2.84. The number of hydrogen-bond acceptors (Lipinski definition) is 7. The van der Waals surface area contributed by atoms with Crippen LogP contribution in [0.25, 0.3) is 0 Å². The molecule has 0 radical (unpaired) electrons. The summed E-state index contributed by atoms with van der Waals surface area (Å²) in [6, 6.07) is 11.1. The quantitative estimate of drug-likeness (QED) is 0.628. The second-order valence-corrected chi connectivity index (χ2v) is 10.2. The zero-order valence-corrected chi connectivity index (χ0v) is 20.4. The molecular formula is C24H33N3O5S. The van der Waals surface area contributed by atoms with E-state index < -0.39 is 10.0 Å². The third-order valence-electron chi connectivity index (χ3n) is 6.46. The van der Waals surface area contributed by atoms with E-state index in [1.165, 1.54) is 37.6 Å². The molecule has 0 amide bonds. The van der Waals surface area contributed by atoms with Crippen LogP contribution in [0.3, 0.4) is 0 Å². The van der Waals surface area contributed by atoms with Crippen molar-refractivity contribution in [1.29, 1.82) is 0 Å². The van der Waals surface area contributed by atoms with Crippen LogP contribution in [-0.4, -0.2) is 74.0 Å². The Morgan fingerprint density at radius 2 is 1.79 bits per heavy atom. The SMILES string of the molecule is COc1ccc(S(=O)(=O)NC[C@@H](c2ccc3c(c2)CCCN3C)N2CCOCC2)cc1OC. The predicted molar refractivity (Wildman–Crippen MR) is 128 cm³/mol. The van der Waals surface area contributed by atoms with Gasteiger partial charge in [0.1, 0.15) is 0 Å². The minimum absolute atomic E-state index is 0.0821. The molecule has 0 bridgehead atoms. The molecule has 2 aliphatic rings. The van der Waals surface area contributed by atoms with E-state index in [9.17, 15) is 8.42 Å². The first-order valence-corrected chi connectivity index (χ1v) is 12.8. The van der Waals surface area contributed by atoms with Gasteiger partial charge in [0.05, 0.1) is 32.3 Å². The monoisotopic (exact) mass is 475 g/mol. The van der Waals surface area contributed by atoms with Gasteiger partial charge in [0.25, 0.3) is 0 Å². The molecule has 2 heterocycles. The number of morpholine rings is 1. The number of anilines is 1. The highest BCUT2D eigenvalue weighted by Crippen LogP contribution is 2.32. The predicted octanol–water partition coefficient (Wildman–Crippen LogP) is 2.44. The lowest BCUT2D eigenvalue weighted by Gasteiger charge is -2.36. The van der Waals surface area contributed by atoms with Gasteiger partial charge in [0.2, 0.25) is 10.0 Å². The number of nitrogens with one attached hydrogen (secondary N) is 1. The summed E-state index contributed by atoms with van der Waals surface area (Å²) in [5, 5.41) is 0. The minimum atomic E-state index is -3.74. The molecule has 0 spiro atoms. The largest absolute Gasteiger partial charge is 0.493 e. The number of aryl methyl sites for hydroxylation is 1. The summed E-state index contributed by atoms with van der Waals surface area (Å²) in [5.41, 5.74) is 3.71. The van der Waals surface area contributed by atoms with Gasteiger partial charge in [-0.05, 0) is 42.2 Å². The Labute approximate surface area is 196 Å². The van der Waals surface area contributed by atoms with Gasteiger partial charge >= 0.3 is 0 Å². The van der Waals surface area contributed by atoms with Crippen molar-refractivity contribution in [2.45, 2.75) is 23.8 Å². The normalized spacial score (nSPS) is 18.0. The molecule has 180 valence electrons. The van der Waals surface area contributed by atoms with Crippen molar-refractivity contribution in [3.63, 3.8) is 0 Å². The first kappa shape index (κ1) is 23.8. The van der Waals surface area contributed by atoms with Gasteiger partial charge in [-0.2, -0.15) is 0 Å². The van der Waals surface area contributed by atoms with Crippen LogP contribution >= 0.6 is 0 Å². The molecule has 1 fully saturated rings. The Bertz CT molecular complexity index is 1070. The molecule has 0 aromatic heterocycles. The van der Waals surface area contributed by atoms with Gasteiger partial charge in [-0.15, -0.1) is 0 Å². The summed E-state index contributed by atoms with van der Waals surface area (Å²) in [4.78, 5) is 4.73. The third kappa shape index (κ3) is 5.27. The summed E-state index contributed by atoms with van der Waals surface area (Å²) in [6.07, 6.45) is 2.17. The van der Waals surface area contributed by atoms with Crippen LogP contribution in [0.15, 0.2) is 41.3 Å². The molecule has 2 aliphatic heterocycles. The van der Waals surface area contributed by atoms with Crippen molar-refractivity contribution in [3.05, 3.63) is 47.5 Å². The maximum Gasteiger partial charge on any atom is 0.240 e. The van der Waals surface area contributed by atoms with Gasteiger partial charge in [-0.1, -0.05) is 12.1 Å².